The Morgan fingerprint density at radius 2 is 2.03 bits per heavy atom. The van der Waals surface area contributed by atoms with Gasteiger partial charge in [0.05, 0.1) is 12.1 Å². The van der Waals surface area contributed by atoms with Gasteiger partial charge in [-0.15, -0.1) is 0 Å². The number of guanidine groups is 1. The number of ether oxygens (including phenoxy) is 2. The standard InChI is InChI=1S/C19H34N6O4/c1-9-20-16(22-11-15-23-13(3)29-24-15)21-10-14-12(2)27-19(7,8)25(14)17(26)28-18(4,5)6/h12,14H,9-11H2,1-8H3,(H2,20,21,22). The van der Waals surface area contributed by atoms with Gasteiger partial charge in [0, 0.05) is 20.0 Å². The Morgan fingerprint density at radius 3 is 2.59 bits per heavy atom. The number of aliphatic imine (C=N–C) groups is 1. The summed E-state index contributed by atoms with van der Waals surface area (Å²) in [6.45, 7) is 16.4. The Labute approximate surface area is 172 Å². The van der Waals surface area contributed by atoms with E-state index in [4.69, 9.17) is 14.0 Å². The minimum absolute atomic E-state index is 0.173. The van der Waals surface area contributed by atoms with Crippen molar-refractivity contribution in [2.24, 2.45) is 4.99 Å². The molecule has 10 nitrogen and oxygen atoms in total. The fraction of sp³-hybridized carbons (Fsp3) is 0.789. The third-order valence-corrected chi connectivity index (χ3v) is 4.29. The number of rotatable bonds is 5. The van der Waals surface area contributed by atoms with Crippen molar-refractivity contribution in [3.05, 3.63) is 11.7 Å². The molecule has 2 unspecified atom stereocenters. The maximum atomic E-state index is 12.8. The van der Waals surface area contributed by atoms with Gasteiger partial charge in [0.1, 0.15) is 17.9 Å². The summed E-state index contributed by atoms with van der Waals surface area (Å²) < 4.78 is 16.6. The van der Waals surface area contributed by atoms with Crippen LogP contribution < -0.4 is 10.6 Å². The lowest BCUT2D eigenvalue weighted by Gasteiger charge is -2.35. The van der Waals surface area contributed by atoms with Gasteiger partial charge in [0.15, 0.2) is 11.8 Å². The minimum Gasteiger partial charge on any atom is -0.444 e. The van der Waals surface area contributed by atoms with Crippen LogP contribution in [0.3, 0.4) is 0 Å². The molecule has 0 aromatic carbocycles. The number of carbonyl (C=O) groups excluding carboxylic acids is 1. The third kappa shape index (κ3) is 6.31. The number of aryl methyl sites for hydroxylation is 1. The van der Waals surface area contributed by atoms with E-state index in [0.717, 1.165) is 0 Å². The molecule has 0 radical (unpaired) electrons. The molecule has 0 aliphatic carbocycles. The Bertz CT molecular complexity index is 725. The Kier molecular flexibility index (Phi) is 7.10. The highest BCUT2D eigenvalue weighted by Crippen LogP contribution is 2.33. The lowest BCUT2D eigenvalue weighted by atomic mass is 10.1. The molecule has 0 saturated carbocycles. The van der Waals surface area contributed by atoms with Crippen molar-refractivity contribution in [2.45, 2.75) is 85.4 Å². The zero-order valence-corrected chi connectivity index (χ0v) is 18.7. The molecule has 2 atom stereocenters. The van der Waals surface area contributed by atoms with Crippen LogP contribution in [0.4, 0.5) is 4.79 Å². The van der Waals surface area contributed by atoms with Crippen LogP contribution in [0.25, 0.3) is 0 Å². The largest absolute Gasteiger partial charge is 0.444 e. The quantitative estimate of drug-likeness (QED) is 0.561. The summed E-state index contributed by atoms with van der Waals surface area (Å²) in [6.07, 6.45) is -0.574. The predicted octanol–water partition coefficient (Wildman–Crippen LogP) is 2.19. The molecule has 1 aliphatic rings. The normalized spacial score (nSPS) is 21.9. The van der Waals surface area contributed by atoms with E-state index in [1.807, 2.05) is 48.5 Å². The second-order valence-electron chi connectivity index (χ2n) is 8.49. The molecule has 1 saturated heterocycles. The first-order chi connectivity index (χ1) is 13.4. The fourth-order valence-electron chi connectivity index (χ4n) is 3.22. The van der Waals surface area contributed by atoms with Crippen LogP contribution in [0.15, 0.2) is 9.52 Å². The molecule has 10 heteroatoms. The first kappa shape index (κ1) is 22.9. The number of hydrogen-bond acceptors (Lipinski definition) is 7. The molecule has 1 aliphatic heterocycles. The third-order valence-electron chi connectivity index (χ3n) is 4.29. The van der Waals surface area contributed by atoms with Gasteiger partial charge in [-0.25, -0.2) is 9.79 Å². The van der Waals surface area contributed by atoms with Crippen LogP contribution in [0.2, 0.25) is 0 Å². The van der Waals surface area contributed by atoms with Crippen LogP contribution in [-0.4, -0.2) is 63.7 Å². The highest BCUT2D eigenvalue weighted by molar-refractivity contribution is 5.79. The smallest absolute Gasteiger partial charge is 0.412 e. The number of carbonyl (C=O) groups is 1. The summed E-state index contributed by atoms with van der Waals surface area (Å²) in [5, 5.41) is 10.3. The molecule has 1 aromatic rings. The van der Waals surface area contributed by atoms with Gasteiger partial charge >= 0.3 is 6.09 Å². The van der Waals surface area contributed by atoms with E-state index in [1.54, 1.807) is 11.8 Å². The second kappa shape index (κ2) is 8.98. The molecular weight excluding hydrogens is 376 g/mol. The van der Waals surface area contributed by atoms with Crippen molar-refractivity contribution < 1.29 is 18.8 Å². The molecule has 2 rings (SSSR count). The second-order valence-corrected chi connectivity index (χ2v) is 8.49. The van der Waals surface area contributed by atoms with E-state index in [9.17, 15) is 4.79 Å². The van der Waals surface area contributed by atoms with Crippen LogP contribution in [0.1, 0.15) is 60.2 Å². The van der Waals surface area contributed by atoms with Gasteiger partial charge in [-0.3, -0.25) is 4.90 Å². The molecule has 1 fully saturated rings. The van der Waals surface area contributed by atoms with E-state index in [2.05, 4.69) is 25.8 Å². The molecular formula is C19H34N6O4. The molecule has 2 heterocycles. The van der Waals surface area contributed by atoms with E-state index in [1.165, 1.54) is 0 Å². The molecule has 1 amide bonds. The first-order valence-corrected chi connectivity index (χ1v) is 9.94. The molecule has 0 bridgehead atoms. The van der Waals surface area contributed by atoms with Crippen molar-refractivity contribution in [1.29, 1.82) is 0 Å². The van der Waals surface area contributed by atoms with Crippen molar-refractivity contribution in [2.75, 3.05) is 13.1 Å². The van der Waals surface area contributed by atoms with Gasteiger partial charge < -0.3 is 24.6 Å². The van der Waals surface area contributed by atoms with Crippen molar-refractivity contribution >= 4 is 12.1 Å². The van der Waals surface area contributed by atoms with Gasteiger partial charge in [-0.1, -0.05) is 5.16 Å². The Morgan fingerprint density at radius 1 is 1.34 bits per heavy atom. The molecule has 0 spiro atoms. The summed E-state index contributed by atoms with van der Waals surface area (Å²) in [7, 11) is 0. The van der Waals surface area contributed by atoms with Crippen LogP contribution in [0.5, 0.6) is 0 Å². The van der Waals surface area contributed by atoms with Crippen molar-refractivity contribution in [1.82, 2.24) is 25.7 Å². The monoisotopic (exact) mass is 410 g/mol. The van der Waals surface area contributed by atoms with Gasteiger partial charge in [-0.05, 0) is 48.5 Å². The van der Waals surface area contributed by atoms with E-state index >= 15 is 0 Å². The average Bonchev–Trinajstić information content (AvgIpc) is 3.08. The number of aromatic nitrogens is 2. The lowest BCUT2D eigenvalue weighted by Crippen LogP contribution is -2.54. The van der Waals surface area contributed by atoms with Crippen molar-refractivity contribution in [3.8, 4) is 0 Å². The molecule has 2 N–H and O–H groups in total. The maximum absolute atomic E-state index is 12.8. The SMILES string of the molecule is CCNC(=NCc1noc(C)n1)NCC1C(C)OC(C)(C)N1C(=O)OC(C)(C)C. The molecule has 1 aromatic heterocycles. The van der Waals surface area contributed by atoms with Crippen molar-refractivity contribution in [3.63, 3.8) is 0 Å². The van der Waals surface area contributed by atoms with Gasteiger partial charge in [-0.2, -0.15) is 4.98 Å². The summed E-state index contributed by atoms with van der Waals surface area (Å²) in [6, 6.07) is -0.226. The van der Waals surface area contributed by atoms with Crippen LogP contribution in [0, 0.1) is 6.92 Å². The summed E-state index contributed by atoms with van der Waals surface area (Å²) >= 11 is 0. The molecule has 164 valence electrons. The van der Waals surface area contributed by atoms with Crippen LogP contribution in [-0.2, 0) is 16.0 Å². The average molecular weight is 411 g/mol. The number of nitrogens with one attached hydrogen (secondary N) is 2. The van der Waals surface area contributed by atoms with Gasteiger partial charge in [0.2, 0.25) is 5.89 Å². The summed E-state index contributed by atoms with van der Waals surface area (Å²) in [5.74, 6) is 1.60. The predicted molar refractivity (Wildman–Crippen MR) is 108 cm³/mol. The summed E-state index contributed by atoms with van der Waals surface area (Å²) in [4.78, 5) is 23.1. The topological polar surface area (TPSA) is 114 Å². The zero-order valence-electron chi connectivity index (χ0n) is 18.7. The number of amides is 1. The first-order valence-electron chi connectivity index (χ1n) is 9.94. The lowest BCUT2D eigenvalue weighted by molar-refractivity contribution is -0.0755. The zero-order chi connectivity index (χ0) is 21.8. The highest BCUT2D eigenvalue weighted by Gasteiger charge is 2.49. The van der Waals surface area contributed by atoms with E-state index in [0.29, 0.717) is 30.8 Å². The van der Waals surface area contributed by atoms with Crippen LogP contribution >= 0.6 is 0 Å². The van der Waals surface area contributed by atoms with E-state index in [-0.39, 0.29) is 18.7 Å². The highest BCUT2D eigenvalue weighted by atomic mass is 16.6. The Hall–Kier alpha value is -2.36. The molecule has 29 heavy (non-hydrogen) atoms. The Balaban J connectivity index is 2.09. The minimum atomic E-state index is -0.772. The van der Waals surface area contributed by atoms with Gasteiger partial charge in [0.25, 0.3) is 0 Å². The number of hydrogen-bond donors (Lipinski definition) is 2. The number of nitrogens with zero attached hydrogens (tertiary/aromatic N) is 4. The fourth-order valence-corrected chi connectivity index (χ4v) is 3.22. The summed E-state index contributed by atoms with van der Waals surface area (Å²) in [5.41, 5.74) is -1.36. The van der Waals surface area contributed by atoms with E-state index < -0.39 is 17.4 Å². The maximum Gasteiger partial charge on any atom is 0.412 e.